The van der Waals surface area contributed by atoms with E-state index in [2.05, 4.69) is 4.98 Å². The van der Waals surface area contributed by atoms with Crippen LogP contribution >= 0.6 is 23.2 Å². The van der Waals surface area contributed by atoms with E-state index in [-0.39, 0.29) is 22.9 Å². The third-order valence-electron chi connectivity index (χ3n) is 4.17. The number of carboxylic acid groups (broad SMARTS) is 2. The van der Waals surface area contributed by atoms with Crippen LogP contribution in [0.5, 0.6) is 5.75 Å². The van der Waals surface area contributed by atoms with Crippen molar-refractivity contribution in [3.63, 3.8) is 0 Å². The average Bonchev–Trinajstić information content (AvgIpc) is 2.65. The van der Waals surface area contributed by atoms with Gasteiger partial charge in [0.15, 0.2) is 0 Å². The lowest BCUT2D eigenvalue weighted by molar-refractivity contribution is 0.0695. The van der Waals surface area contributed by atoms with Gasteiger partial charge in [-0.2, -0.15) is 0 Å². The number of nitrogens with two attached hydrogens (primary N) is 1. The summed E-state index contributed by atoms with van der Waals surface area (Å²) in [6.45, 7) is 0.0404. The fourth-order valence-electron chi connectivity index (χ4n) is 2.93. The molecule has 30 heavy (non-hydrogen) atoms. The van der Waals surface area contributed by atoms with E-state index in [1.807, 2.05) is 0 Å². The van der Waals surface area contributed by atoms with E-state index in [0.29, 0.717) is 10.6 Å². The first kappa shape index (κ1) is 21.2. The van der Waals surface area contributed by atoms with Gasteiger partial charge in [0.25, 0.3) is 5.56 Å². The Morgan fingerprint density at radius 1 is 1.00 bits per heavy atom. The van der Waals surface area contributed by atoms with Crippen molar-refractivity contribution >= 4 is 41.0 Å². The minimum Gasteiger partial charge on any atom is -0.488 e. The van der Waals surface area contributed by atoms with Gasteiger partial charge < -0.3 is 25.7 Å². The standard InChI is InChI=1S/C20H14Cl2N2O6/c21-10-3-1-2-9(6-10)8-30-13-5-4-11(22)7-12(13)14-15(19(26)27)17(23)24-18(25)16(14)20(28)29/h1-7H,8H2,(H,26,27)(H,28,29)(H3,23,24,25). The molecule has 1 aromatic heterocycles. The predicted molar refractivity (Wildman–Crippen MR) is 112 cm³/mol. The smallest absolute Gasteiger partial charge is 0.342 e. The molecular formula is C20H14Cl2N2O6. The molecule has 0 saturated heterocycles. The number of hydrogen-bond acceptors (Lipinski definition) is 5. The lowest BCUT2D eigenvalue weighted by atomic mass is 9.94. The molecule has 0 aliphatic heterocycles. The summed E-state index contributed by atoms with van der Waals surface area (Å²) in [5.74, 6) is -3.54. The van der Waals surface area contributed by atoms with Gasteiger partial charge in [0.2, 0.25) is 0 Å². The number of hydrogen-bond donors (Lipinski definition) is 4. The molecule has 2 aromatic carbocycles. The van der Waals surface area contributed by atoms with Gasteiger partial charge in [-0.1, -0.05) is 35.3 Å². The van der Waals surface area contributed by atoms with Gasteiger partial charge in [-0.15, -0.1) is 0 Å². The Kier molecular flexibility index (Phi) is 6.00. The van der Waals surface area contributed by atoms with Crippen molar-refractivity contribution in [2.45, 2.75) is 6.61 Å². The second-order valence-corrected chi connectivity index (χ2v) is 7.04. The van der Waals surface area contributed by atoms with Crippen molar-refractivity contribution in [1.29, 1.82) is 0 Å². The van der Waals surface area contributed by atoms with Gasteiger partial charge >= 0.3 is 11.9 Å². The number of rotatable bonds is 6. The molecule has 0 spiro atoms. The number of H-pyrrole nitrogens is 1. The van der Waals surface area contributed by atoms with Crippen LogP contribution in [0.25, 0.3) is 11.1 Å². The van der Waals surface area contributed by atoms with Gasteiger partial charge in [0, 0.05) is 21.2 Å². The summed E-state index contributed by atoms with van der Waals surface area (Å²) in [6, 6.07) is 11.1. The first-order valence-corrected chi connectivity index (χ1v) is 9.14. The summed E-state index contributed by atoms with van der Waals surface area (Å²) >= 11 is 12.0. The molecule has 3 rings (SSSR count). The summed E-state index contributed by atoms with van der Waals surface area (Å²) in [5.41, 5.74) is 3.56. The number of carbonyl (C=O) groups is 2. The van der Waals surface area contributed by atoms with Crippen LogP contribution < -0.4 is 16.0 Å². The van der Waals surface area contributed by atoms with Crippen LogP contribution in [0.2, 0.25) is 10.0 Å². The Morgan fingerprint density at radius 2 is 1.67 bits per heavy atom. The summed E-state index contributed by atoms with van der Waals surface area (Å²) in [4.78, 5) is 37.9. The number of halogens is 2. The number of aromatic carboxylic acids is 2. The first-order chi connectivity index (χ1) is 14.2. The Hall–Kier alpha value is -3.49. The number of nitrogens with one attached hydrogen (secondary N) is 1. The lowest BCUT2D eigenvalue weighted by Crippen LogP contribution is -2.24. The lowest BCUT2D eigenvalue weighted by Gasteiger charge is -2.16. The maximum absolute atomic E-state index is 12.3. The summed E-state index contributed by atoms with van der Waals surface area (Å²) < 4.78 is 5.78. The normalized spacial score (nSPS) is 10.6. The summed E-state index contributed by atoms with van der Waals surface area (Å²) in [5, 5.41) is 19.9. The molecule has 0 bridgehead atoms. The van der Waals surface area contributed by atoms with Gasteiger partial charge in [-0.05, 0) is 35.9 Å². The van der Waals surface area contributed by atoms with E-state index < -0.39 is 40.0 Å². The second kappa shape index (κ2) is 8.48. The molecule has 0 saturated carbocycles. The van der Waals surface area contributed by atoms with Crippen molar-refractivity contribution in [1.82, 2.24) is 4.98 Å². The Labute approximate surface area is 179 Å². The van der Waals surface area contributed by atoms with E-state index in [1.54, 1.807) is 24.3 Å². The molecule has 0 fully saturated rings. The highest BCUT2D eigenvalue weighted by Gasteiger charge is 2.28. The van der Waals surface area contributed by atoms with E-state index in [4.69, 9.17) is 33.7 Å². The number of benzene rings is 2. The van der Waals surface area contributed by atoms with Gasteiger partial charge in [-0.25, -0.2) is 9.59 Å². The summed E-state index contributed by atoms with van der Waals surface area (Å²) in [7, 11) is 0. The molecule has 3 aromatic rings. The van der Waals surface area contributed by atoms with Gasteiger partial charge in [0.1, 0.15) is 29.3 Å². The molecule has 0 aliphatic carbocycles. The van der Waals surface area contributed by atoms with Crippen LogP contribution in [0, 0.1) is 0 Å². The van der Waals surface area contributed by atoms with E-state index in [9.17, 15) is 24.6 Å². The maximum atomic E-state index is 12.3. The number of anilines is 1. The molecule has 5 N–H and O–H groups in total. The zero-order chi connectivity index (χ0) is 22.0. The van der Waals surface area contributed by atoms with Gasteiger partial charge in [0.05, 0.1) is 0 Å². The van der Waals surface area contributed by atoms with Crippen LogP contribution in [0.3, 0.4) is 0 Å². The zero-order valence-corrected chi connectivity index (χ0v) is 16.6. The van der Waals surface area contributed by atoms with E-state index >= 15 is 0 Å². The molecule has 0 atom stereocenters. The highest BCUT2D eigenvalue weighted by Crippen LogP contribution is 2.38. The number of pyridine rings is 1. The minimum atomic E-state index is -1.63. The van der Waals surface area contributed by atoms with Crippen LogP contribution in [0.1, 0.15) is 26.3 Å². The Morgan fingerprint density at radius 3 is 2.30 bits per heavy atom. The van der Waals surface area contributed by atoms with Crippen LogP contribution in [-0.2, 0) is 6.61 Å². The number of carboxylic acids is 2. The molecular weight excluding hydrogens is 435 g/mol. The average molecular weight is 449 g/mol. The Bertz CT molecular complexity index is 1220. The fraction of sp³-hybridized carbons (Fsp3) is 0.0500. The molecule has 0 aliphatic rings. The van der Waals surface area contributed by atoms with Crippen LogP contribution in [-0.4, -0.2) is 27.1 Å². The van der Waals surface area contributed by atoms with E-state index in [1.165, 1.54) is 18.2 Å². The predicted octanol–water partition coefficient (Wildman–Crippen LogP) is 3.91. The highest BCUT2D eigenvalue weighted by molar-refractivity contribution is 6.31. The third kappa shape index (κ3) is 4.24. The van der Waals surface area contributed by atoms with Crippen molar-refractivity contribution in [2.24, 2.45) is 0 Å². The van der Waals surface area contributed by atoms with Crippen molar-refractivity contribution < 1.29 is 24.5 Å². The highest BCUT2D eigenvalue weighted by atomic mass is 35.5. The summed E-state index contributed by atoms with van der Waals surface area (Å²) in [6.07, 6.45) is 0. The van der Waals surface area contributed by atoms with Crippen LogP contribution in [0.4, 0.5) is 5.82 Å². The Balaban J connectivity index is 2.23. The molecule has 10 heteroatoms. The minimum absolute atomic E-state index is 0.00266. The van der Waals surface area contributed by atoms with Crippen molar-refractivity contribution in [2.75, 3.05) is 5.73 Å². The third-order valence-corrected chi connectivity index (χ3v) is 4.64. The van der Waals surface area contributed by atoms with Crippen molar-refractivity contribution in [3.05, 3.63) is 79.6 Å². The molecule has 0 amide bonds. The molecule has 1 heterocycles. The van der Waals surface area contributed by atoms with E-state index in [0.717, 1.165) is 0 Å². The monoisotopic (exact) mass is 448 g/mol. The maximum Gasteiger partial charge on any atom is 0.342 e. The fourth-order valence-corrected chi connectivity index (χ4v) is 3.31. The molecule has 0 unspecified atom stereocenters. The number of nitrogen functional groups attached to an aromatic ring is 1. The number of aromatic nitrogens is 1. The first-order valence-electron chi connectivity index (χ1n) is 8.38. The number of aromatic amines is 1. The molecule has 0 radical (unpaired) electrons. The number of ether oxygens (including phenoxy) is 1. The molecule has 154 valence electrons. The molecule has 8 nitrogen and oxygen atoms in total. The van der Waals surface area contributed by atoms with Crippen molar-refractivity contribution in [3.8, 4) is 16.9 Å². The van der Waals surface area contributed by atoms with Crippen LogP contribution in [0.15, 0.2) is 47.3 Å². The topological polar surface area (TPSA) is 143 Å². The zero-order valence-electron chi connectivity index (χ0n) is 15.1. The largest absolute Gasteiger partial charge is 0.488 e. The quantitative estimate of drug-likeness (QED) is 0.447. The SMILES string of the molecule is Nc1[nH]c(=O)c(C(=O)O)c(-c2cc(Cl)ccc2OCc2cccc(Cl)c2)c1C(=O)O. The second-order valence-electron chi connectivity index (χ2n) is 6.16. The van der Waals surface area contributed by atoms with Gasteiger partial charge in [-0.3, -0.25) is 4.79 Å².